The summed E-state index contributed by atoms with van der Waals surface area (Å²) in [5.74, 6) is -0.453. The molecule has 1 aromatic carbocycles. The maximum Gasteiger partial charge on any atom is 0.337 e. The van der Waals surface area contributed by atoms with E-state index in [0.717, 1.165) is 0 Å². The van der Waals surface area contributed by atoms with Crippen molar-refractivity contribution in [1.82, 2.24) is 0 Å². The SMILES string of the molecule is COC(=O)c1ccc(C(C)(C)[N+](=O)[O-])cc1. The van der Waals surface area contributed by atoms with Crippen molar-refractivity contribution in [3.05, 3.63) is 45.5 Å². The zero-order valence-electron chi connectivity index (χ0n) is 9.39. The summed E-state index contributed by atoms with van der Waals surface area (Å²) in [6, 6.07) is 6.17. The Morgan fingerprint density at radius 3 is 2.19 bits per heavy atom. The molecule has 0 aliphatic carbocycles. The van der Waals surface area contributed by atoms with Gasteiger partial charge in [0.1, 0.15) is 0 Å². The lowest BCUT2D eigenvalue weighted by atomic mass is 9.94. The van der Waals surface area contributed by atoms with E-state index in [-0.39, 0.29) is 4.92 Å². The third-order valence-corrected chi connectivity index (χ3v) is 2.47. The summed E-state index contributed by atoms with van der Waals surface area (Å²) in [7, 11) is 1.29. The summed E-state index contributed by atoms with van der Waals surface area (Å²) in [6.45, 7) is 3.03. The van der Waals surface area contributed by atoms with Gasteiger partial charge in [-0.25, -0.2) is 4.79 Å². The molecule has 0 saturated heterocycles. The molecule has 0 aromatic heterocycles. The monoisotopic (exact) mass is 223 g/mol. The largest absolute Gasteiger partial charge is 0.465 e. The standard InChI is InChI=1S/C11H13NO4/c1-11(2,12(14)15)9-6-4-8(5-7-9)10(13)16-3/h4-7H,1-3H3. The molecule has 86 valence electrons. The lowest BCUT2D eigenvalue weighted by Crippen LogP contribution is -2.27. The van der Waals surface area contributed by atoms with Crippen LogP contribution in [0.25, 0.3) is 0 Å². The molecule has 0 aliphatic rings. The summed E-state index contributed by atoms with van der Waals surface area (Å²) in [5.41, 5.74) is -0.232. The molecule has 5 nitrogen and oxygen atoms in total. The zero-order valence-corrected chi connectivity index (χ0v) is 9.39. The average molecular weight is 223 g/mol. The molecule has 0 spiro atoms. The van der Waals surface area contributed by atoms with E-state index in [1.807, 2.05) is 0 Å². The molecule has 16 heavy (non-hydrogen) atoms. The van der Waals surface area contributed by atoms with Crippen molar-refractivity contribution in [3.8, 4) is 0 Å². The quantitative estimate of drug-likeness (QED) is 0.446. The number of ether oxygens (including phenoxy) is 1. The molecule has 0 aliphatic heterocycles. The Morgan fingerprint density at radius 2 is 1.81 bits per heavy atom. The van der Waals surface area contributed by atoms with Crippen LogP contribution in [0.5, 0.6) is 0 Å². The van der Waals surface area contributed by atoms with E-state index in [1.165, 1.54) is 33.1 Å². The van der Waals surface area contributed by atoms with Crippen LogP contribution >= 0.6 is 0 Å². The molecule has 0 radical (unpaired) electrons. The number of benzene rings is 1. The maximum atomic E-state index is 11.2. The highest BCUT2D eigenvalue weighted by Gasteiger charge is 2.32. The molecule has 1 rings (SSSR count). The molecule has 0 saturated carbocycles. The molecular weight excluding hydrogens is 210 g/mol. The van der Waals surface area contributed by atoms with Crippen LogP contribution < -0.4 is 0 Å². The highest BCUT2D eigenvalue weighted by atomic mass is 16.6. The minimum Gasteiger partial charge on any atom is -0.465 e. The number of nitrogens with zero attached hydrogens (tertiary/aromatic N) is 1. The lowest BCUT2D eigenvalue weighted by molar-refractivity contribution is -0.569. The Morgan fingerprint density at radius 1 is 1.31 bits per heavy atom. The van der Waals surface area contributed by atoms with Gasteiger partial charge in [0.2, 0.25) is 5.54 Å². The predicted octanol–water partition coefficient (Wildman–Crippen LogP) is 1.98. The maximum absolute atomic E-state index is 11.2. The van der Waals surface area contributed by atoms with Gasteiger partial charge in [-0.3, -0.25) is 10.1 Å². The second-order valence-electron chi connectivity index (χ2n) is 3.89. The summed E-state index contributed by atoms with van der Waals surface area (Å²) < 4.78 is 4.54. The van der Waals surface area contributed by atoms with Crippen LogP contribution in [0, 0.1) is 10.1 Å². The van der Waals surface area contributed by atoms with E-state index < -0.39 is 11.5 Å². The van der Waals surface area contributed by atoms with E-state index in [0.29, 0.717) is 11.1 Å². The molecule has 0 amide bonds. The van der Waals surface area contributed by atoms with Gasteiger partial charge in [-0.2, -0.15) is 0 Å². The number of rotatable bonds is 3. The van der Waals surface area contributed by atoms with Gasteiger partial charge in [0.25, 0.3) is 0 Å². The molecule has 0 fully saturated rings. The van der Waals surface area contributed by atoms with Crippen molar-refractivity contribution < 1.29 is 14.5 Å². The van der Waals surface area contributed by atoms with Crippen LogP contribution in [0.15, 0.2) is 24.3 Å². The van der Waals surface area contributed by atoms with Crippen molar-refractivity contribution in [1.29, 1.82) is 0 Å². The van der Waals surface area contributed by atoms with Crippen LogP contribution in [0.3, 0.4) is 0 Å². The number of carbonyl (C=O) groups is 1. The first-order valence-electron chi connectivity index (χ1n) is 4.73. The van der Waals surface area contributed by atoms with Gasteiger partial charge in [-0.05, 0) is 12.1 Å². The highest BCUT2D eigenvalue weighted by molar-refractivity contribution is 5.89. The van der Waals surface area contributed by atoms with Gasteiger partial charge in [-0.1, -0.05) is 12.1 Å². The lowest BCUT2D eigenvalue weighted by Gasteiger charge is -2.15. The average Bonchev–Trinajstić information content (AvgIpc) is 2.28. The molecule has 5 heteroatoms. The first kappa shape index (κ1) is 12.2. The molecular formula is C11H13NO4. The highest BCUT2D eigenvalue weighted by Crippen LogP contribution is 2.23. The fourth-order valence-electron chi connectivity index (χ4n) is 1.24. The summed E-state index contributed by atoms with van der Waals surface area (Å²) in [4.78, 5) is 21.6. The van der Waals surface area contributed by atoms with Crippen molar-refractivity contribution in [3.63, 3.8) is 0 Å². The van der Waals surface area contributed by atoms with Gasteiger partial charge in [0, 0.05) is 24.3 Å². The van der Waals surface area contributed by atoms with E-state index >= 15 is 0 Å². The number of carbonyl (C=O) groups excluding carboxylic acids is 1. The Kier molecular flexibility index (Phi) is 3.27. The van der Waals surface area contributed by atoms with Crippen LogP contribution in [0.1, 0.15) is 29.8 Å². The first-order chi connectivity index (χ1) is 7.39. The number of methoxy groups -OCH3 is 1. The van der Waals surface area contributed by atoms with E-state index in [9.17, 15) is 14.9 Å². The van der Waals surface area contributed by atoms with E-state index in [4.69, 9.17) is 0 Å². The number of nitro groups is 1. The fourth-order valence-corrected chi connectivity index (χ4v) is 1.24. The van der Waals surface area contributed by atoms with Crippen molar-refractivity contribution in [2.24, 2.45) is 0 Å². The van der Waals surface area contributed by atoms with Crippen molar-refractivity contribution >= 4 is 5.97 Å². The minimum absolute atomic E-state index is 0.361. The molecule has 0 heterocycles. The van der Waals surface area contributed by atoms with Crippen molar-refractivity contribution in [2.75, 3.05) is 7.11 Å². The third kappa shape index (κ3) is 2.18. The van der Waals surface area contributed by atoms with Crippen molar-refractivity contribution in [2.45, 2.75) is 19.4 Å². The second-order valence-corrected chi connectivity index (χ2v) is 3.89. The normalized spacial score (nSPS) is 10.9. The van der Waals surface area contributed by atoms with Gasteiger partial charge < -0.3 is 4.74 Å². The number of hydrogen-bond donors (Lipinski definition) is 0. The van der Waals surface area contributed by atoms with Crippen LogP contribution in [0.4, 0.5) is 0 Å². The molecule has 1 aromatic rings. The third-order valence-electron chi connectivity index (χ3n) is 2.47. The Hall–Kier alpha value is -1.91. The molecule has 0 bridgehead atoms. The Labute approximate surface area is 93.2 Å². The number of hydrogen-bond acceptors (Lipinski definition) is 4. The summed E-state index contributed by atoms with van der Waals surface area (Å²) in [5, 5.41) is 10.8. The zero-order chi connectivity index (χ0) is 12.3. The van der Waals surface area contributed by atoms with E-state index in [1.54, 1.807) is 12.1 Å². The van der Waals surface area contributed by atoms with E-state index in [2.05, 4.69) is 4.74 Å². The van der Waals surface area contributed by atoms with Gasteiger partial charge in [0.05, 0.1) is 12.7 Å². The fraction of sp³-hybridized carbons (Fsp3) is 0.364. The molecule has 0 unspecified atom stereocenters. The predicted molar refractivity (Wildman–Crippen MR) is 57.8 cm³/mol. The summed E-state index contributed by atoms with van der Waals surface area (Å²) >= 11 is 0. The van der Waals surface area contributed by atoms with Gasteiger partial charge in [-0.15, -0.1) is 0 Å². The minimum atomic E-state index is -1.16. The van der Waals surface area contributed by atoms with Crippen LogP contribution in [-0.4, -0.2) is 18.0 Å². The van der Waals surface area contributed by atoms with Crippen LogP contribution in [-0.2, 0) is 10.3 Å². The van der Waals surface area contributed by atoms with Gasteiger partial charge in [0.15, 0.2) is 0 Å². The molecule has 0 N–H and O–H groups in total. The number of esters is 1. The first-order valence-corrected chi connectivity index (χ1v) is 4.73. The summed E-state index contributed by atoms with van der Waals surface area (Å²) in [6.07, 6.45) is 0. The van der Waals surface area contributed by atoms with Crippen LogP contribution in [0.2, 0.25) is 0 Å². The van der Waals surface area contributed by atoms with Gasteiger partial charge >= 0.3 is 5.97 Å². The Balaban J connectivity index is 3.04. The Bertz CT molecular complexity index is 408. The topological polar surface area (TPSA) is 69.4 Å². The molecule has 0 atom stereocenters. The second kappa shape index (κ2) is 4.30. The smallest absolute Gasteiger partial charge is 0.337 e.